The van der Waals surface area contributed by atoms with Crippen molar-refractivity contribution in [3.8, 4) is 0 Å². The summed E-state index contributed by atoms with van der Waals surface area (Å²) in [5.74, 6) is 0. The van der Waals surface area contributed by atoms with Gasteiger partial charge in [0.15, 0.2) is 11.9 Å². The van der Waals surface area contributed by atoms with E-state index in [1.54, 1.807) is 0 Å². The molecule has 104 valence electrons. The van der Waals surface area contributed by atoms with Crippen LogP contribution in [0.5, 0.6) is 0 Å². The molecule has 1 aromatic heterocycles. The molecular weight excluding hydrogens is 450 g/mol. The lowest BCUT2D eigenvalue weighted by molar-refractivity contribution is -0.914. The Labute approximate surface area is 145 Å². The molecule has 2 rings (SSSR count). The number of piperidine rings is 1. The standard InChI is InChI=1S/C14H24N2.2HI/c1-15-10-5-4-8-14(15)9-13-16(2)11-6-3-7-12-16;;/h4-5,8,10H,3,6-7,9,11-13H2,1-2H3;2*1H/q+2;;/p-2. The summed E-state index contributed by atoms with van der Waals surface area (Å²) in [5, 5.41) is 0. The van der Waals surface area contributed by atoms with Crippen LogP contribution in [0.15, 0.2) is 24.4 Å². The van der Waals surface area contributed by atoms with Gasteiger partial charge < -0.3 is 52.4 Å². The highest BCUT2D eigenvalue weighted by Crippen LogP contribution is 2.16. The van der Waals surface area contributed by atoms with E-state index in [4.69, 9.17) is 0 Å². The molecule has 0 aliphatic carbocycles. The van der Waals surface area contributed by atoms with Gasteiger partial charge in [0, 0.05) is 12.1 Å². The second kappa shape index (κ2) is 8.68. The molecule has 1 aliphatic heterocycles. The Morgan fingerprint density at radius 3 is 2.39 bits per heavy atom. The minimum absolute atomic E-state index is 0. The summed E-state index contributed by atoms with van der Waals surface area (Å²) in [6.07, 6.45) is 7.61. The van der Waals surface area contributed by atoms with E-state index in [0.29, 0.717) is 0 Å². The van der Waals surface area contributed by atoms with Crippen molar-refractivity contribution >= 4 is 0 Å². The molecule has 1 saturated heterocycles. The quantitative estimate of drug-likeness (QED) is 0.237. The molecule has 1 aliphatic rings. The van der Waals surface area contributed by atoms with Gasteiger partial charge in [0.1, 0.15) is 7.05 Å². The Kier molecular flexibility index (Phi) is 8.96. The average Bonchev–Trinajstić information content (AvgIpc) is 2.29. The molecule has 0 radical (unpaired) electrons. The second-order valence-electron chi connectivity index (χ2n) is 5.40. The number of hydrogen-bond donors (Lipinski definition) is 0. The normalized spacial score (nSPS) is 17.4. The third-order valence-electron chi connectivity index (χ3n) is 3.97. The number of hydrogen-bond acceptors (Lipinski definition) is 0. The van der Waals surface area contributed by atoms with Crippen molar-refractivity contribution in [2.75, 3.05) is 26.7 Å². The van der Waals surface area contributed by atoms with E-state index < -0.39 is 0 Å². The molecule has 0 aromatic carbocycles. The Morgan fingerprint density at radius 1 is 1.11 bits per heavy atom. The molecule has 0 N–H and O–H groups in total. The van der Waals surface area contributed by atoms with Crippen LogP contribution in [0.4, 0.5) is 0 Å². The smallest absolute Gasteiger partial charge is 0.186 e. The molecule has 2 nitrogen and oxygen atoms in total. The molecule has 2 heterocycles. The number of halogens is 2. The van der Waals surface area contributed by atoms with E-state index in [-0.39, 0.29) is 48.0 Å². The van der Waals surface area contributed by atoms with Gasteiger partial charge in [0.05, 0.1) is 33.1 Å². The lowest BCUT2D eigenvalue weighted by Gasteiger charge is -2.37. The van der Waals surface area contributed by atoms with Crippen LogP contribution in [0, 0.1) is 0 Å². The summed E-state index contributed by atoms with van der Waals surface area (Å²) in [6.45, 7) is 4.03. The maximum Gasteiger partial charge on any atom is 0.186 e. The third kappa shape index (κ3) is 5.28. The summed E-state index contributed by atoms with van der Waals surface area (Å²) in [4.78, 5) is 0. The number of rotatable bonds is 3. The topological polar surface area (TPSA) is 3.88 Å². The van der Waals surface area contributed by atoms with Crippen molar-refractivity contribution < 1.29 is 57.0 Å². The van der Waals surface area contributed by atoms with E-state index in [1.165, 1.54) is 55.5 Å². The van der Waals surface area contributed by atoms with Crippen LogP contribution in [0.2, 0.25) is 0 Å². The van der Waals surface area contributed by atoms with Gasteiger partial charge >= 0.3 is 0 Å². The van der Waals surface area contributed by atoms with E-state index in [2.05, 4.69) is 43.1 Å². The monoisotopic (exact) mass is 474 g/mol. The zero-order valence-electron chi connectivity index (χ0n) is 11.4. The number of aryl methyl sites for hydroxylation is 1. The van der Waals surface area contributed by atoms with Crippen LogP contribution in [-0.2, 0) is 13.5 Å². The van der Waals surface area contributed by atoms with Gasteiger partial charge in [-0.25, -0.2) is 4.57 Å². The van der Waals surface area contributed by atoms with Crippen molar-refractivity contribution in [2.24, 2.45) is 7.05 Å². The highest BCUT2D eigenvalue weighted by Gasteiger charge is 2.25. The van der Waals surface area contributed by atoms with Crippen molar-refractivity contribution in [1.29, 1.82) is 0 Å². The first kappa shape index (κ1) is 18.6. The van der Waals surface area contributed by atoms with Gasteiger partial charge in [-0.05, 0) is 19.3 Å². The van der Waals surface area contributed by atoms with Crippen LogP contribution in [0.3, 0.4) is 0 Å². The van der Waals surface area contributed by atoms with E-state index in [1.807, 2.05) is 0 Å². The van der Waals surface area contributed by atoms with Gasteiger partial charge in [-0.2, -0.15) is 0 Å². The zero-order valence-corrected chi connectivity index (χ0v) is 15.7. The van der Waals surface area contributed by atoms with E-state index in [0.717, 1.165) is 0 Å². The fraction of sp³-hybridized carbons (Fsp3) is 0.643. The lowest BCUT2D eigenvalue weighted by Crippen LogP contribution is -3.00. The number of likely N-dealkylation sites (N-methyl/N-ethyl adjacent to an activating group) is 1. The molecule has 1 fully saturated rings. The number of aromatic nitrogens is 1. The Balaban J connectivity index is 0.00000144. The molecule has 0 bridgehead atoms. The molecule has 4 heteroatoms. The predicted octanol–water partition coefficient (Wildman–Crippen LogP) is -4.31. The number of nitrogens with zero attached hydrogens (tertiary/aromatic N) is 2. The van der Waals surface area contributed by atoms with Crippen LogP contribution in [0.1, 0.15) is 25.0 Å². The summed E-state index contributed by atoms with van der Waals surface area (Å²) < 4.78 is 3.52. The Bertz CT molecular complexity index is 349. The predicted molar refractivity (Wildman–Crippen MR) is 66.0 cm³/mol. The van der Waals surface area contributed by atoms with Crippen molar-refractivity contribution in [1.82, 2.24) is 0 Å². The summed E-state index contributed by atoms with van der Waals surface area (Å²) >= 11 is 0. The fourth-order valence-corrected chi connectivity index (χ4v) is 2.70. The van der Waals surface area contributed by atoms with Crippen molar-refractivity contribution in [2.45, 2.75) is 25.7 Å². The van der Waals surface area contributed by atoms with E-state index in [9.17, 15) is 0 Å². The number of pyridine rings is 1. The number of likely N-dealkylation sites (tertiary alicyclic amines) is 1. The first-order valence-electron chi connectivity index (χ1n) is 6.47. The largest absolute Gasteiger partial charge is 1.00 e. The van der Waals surface area contributed by atoms with Crippen molar-refractivity contribution in [3.05, 3.63) is 30.1 Å². The Hall–Kier alpha value is 0.570. The molecule has 0 amide bonds. The van der Waals surface area contributed by atoms with Gasteiger partial charge in [-0.15, -0.1) is 0 Å². The van der Waals surface area contributed by atoms with E-state index >= 15 is 0 Å². The molecule has 18 heavy (non-hydrogen) atoms. The molecular formula is C14H24I2N2. The van der Waals surface area contributed by atoms with Crippen LogP contribution >= 0.6 is 0 Å². The summed E-state index contributed by atoms with van der Waals surface area (Å²) in [7, 11) is 4.56. The van der Waals surface area contributed by atoms with Gasteiger partial charge in [-0.3, -0.25) is 0 Å². The second-order valence-corrected chi connectivity index (χ2v) is 5.40. The maximum atomic E-state index is 2.42. The van der Waals surface area contributed by atoms with Gasteiger partial charge in [0.25, 0.3) is 0 Å². The van der Waals surface area contributed by atoms with Gasteiger partial charge in [-0.1, -0.05) is 6.07 Å². The minimum atomic E-state index is 0. The zero-order chi connectivity index (χ0) is 11.4. The Morgan fingerprint density at radius 2 is 1.78 bits per heavy atom. The average molecular weight is 474 g/mol. The minimum Gasteiger partial charge on any atom is -1.00 e. The fourth-order valence-electron chi connectivity index (χ4n) is 2.70. The van der Waals surface area contributed by atoms with Crippen LogP contribution in [0.25, 0.3) is 0 Å². The maximum absolute atomic E-state index is 2.42. The summed E-state index contributed by atoms with van der Waals surface area (Å²) in [5.41, 5.74) is 1.45. The van der Waals surface area contributed by atoms with Crippen LogP contribution < -0.4 is 52.5 Å². The molecule has 1 aromatic rings. The SMILES string of the molecule is C[n+]1ccccc1CC[N+]1(C)CCCCC1.[I-].[I-]. The molecule has 0 saturated carbocycles. The first-order valence-corrected chi connectivity index (χ1v) is 6.47. The van der Waals surface area contributed by atoms with Gasteiger partial charge in [0.2, 0.25) is 0 Å². The summed E-state index contributed by atoms with van der Waals surface area (Å²) in [6, 6.07) is 6.49. The highest BCUT2D eigenvalue weighted by atomic mass is 127. The third-order valence-corrected chi connectivity index (χ3v) is 3.97. The number of quaternary nitrogens is 1. The highest BCUT2D eigenvalue weighted by molar-refractivity contribution is 4.97. The lowest BCUT2D eigenvalue weighted by atomic mass is 10.1. The first-order chi connectivity index (χ1) is 7.70. The van der Waals surface area contributed by atoms with Crippen LogP contribution in [-0.4, -0.2) is 31.2 Å². The molecule has 0 atom stereocenters. The molecule has 0 spiro atoms. The van der Waals surface area contributed by atoms with Crippen molar-refractivity contribution in [3.63, 3.8) is 0 Å². The molecule has 0 unspecified atom stereocenters.